The molecule has 0 radical (unpaired) electrons. The van der Waals surface area contributed by atoms with Gasteiger partial charge < -0.3 is 10.8 Å². The number of carboxylic acid groups (broad SMARTS) is 1. The van der Waals surface area contributed by atoms with Gasteiger partial charge in [0, 0.05) is 6.04 Å². The molecule has 0 aliphatic heterocycles. The zero-order chi connectivity index (χ0) is 11.3. The van der Waals surface area contributed by atoms with Gasteiger partial charge in [-0.2, -0.15) is 0 Å². The van der Waals surface area contributed by atoms with Crippen molar-refractivity contribution >= 4 is 5.97 Å². The fourth-order valence-corrected chi connectivity index (χ4v) is 2.41. The molecule has 0 aromatic carbocycles. The lowest BCUT2D eigenvalue weighted by atomic mass is 9.90. The quantitative estimate of drug-likeness (QED) is 0.712. The zero-order valence-corrected chi connectivity index (χ0v) is 9.61. The number of hydrogen-bond donors (Lipinski definition) is 2. The van der Waals surface area contributed by atoms with E-state index in [-0.39, 0.29) is 12.5 Å². The molecule has 3 nitrogen and oxygen atoms in total. The molecule has 1 saturated carbocycles. The minimum absolute atomic E-state index is 0.103. The lowest BCUT2D eigenvalue weighted by Crippen LogP contribution is -2.31. The van der Waals surface area contributed by atoms with E-state index in [4.69, 9.17) is 10.8 Å². The van der Waals surface area contributed by atoms with Crippen molar-refractivity contribution in [1.82, 2.24) is 0 Å². The van der Waals surface area contributed by atoms with E-state index in [9.17, 15) is 4.79 Å². The van der Waals surface area contributed by atoms with Gasteiger partial charge in [0.25, 0.3) is 0 Å². The van der Waals surface area contributed by atoms with Gasteiger partial charge in [0.15, 0.2) is 0 Å². The highest BCUT2D eigenvalue weighted by molar-refractivity contribution is 5.67. The standard InChI is InChI=1S/C12H23NO2/c1-9(11(13)8-12(14)15)6-7-10-4-2-3-5-10/h9-11H,2-8,13H2,1H3,(H,14,15). The molecule has 0 heterocycles. The van der Waals surface area contributed by atoms with Crippen LogP contribution in [0.3, 0.4) is 0 Å². The maximum atomic E-state index is 10.5. The Balaban J connectivity index is 2.16. The van der Waals surface area contributed by atoms with E-state index in [0.29, 0.717) is 5.92 Å². The molecule has 1 rings (SSSR count). The molecule has 2 atom stereocenters. The first-order chi connectivity index (χ1) is 7.09. The minimum atomic E-state index is -0.782. The summed E-state index contributed by atoms with van der Waals surface area (Å²) in [5.74, 6) is 0.432. The fraction of sp³-hybridized carbons (Fsp3) is 0.917. The third-order valence-electron chi connectivity index (χ3n) is 3.65. The van der Waals surface area contributed by atoms with Gasteiger partial charge in [-0.15, -0.1) is 0 Å². The zero-order valence-electron chi connectivity index (χ0n) is 9.61. The lowest BCUT2D eigenvalue weighted by Gasteiger charge is -2.19. The van der Waals surface area contributed by atoms with Crippen molar-refractivity contribution in [3.05, 3.63) is 0 Å². The van der Waals surface area contributed by atoms with Crippen LogP contribution in [0.15, 0.2) is 0 Å². The summed E-state index contributed by atoms with van der Waals surface area (Å²) in [6, 6.07) is -0.177. The van der Waals surface area contributed by atoms with Crippen molar-refractivity contribution in [2.24, 2.45) is 17.6 Å². The van der Waals surface area contributed by atoms with Crippen LogP contribution in [-0.4, -0.2) is 17.1 Å². The third kappa shape index (κ3) is 4.65. The first-order valence-electron chi connectivity index (χ1n) is 6.07. The van der Waals surface area contributed by atoms with E-state index in [2.05, 4.69) is 6.92 Å². The molecule has 0 amide bonds. The maximum absolute atomic E-state index is 10.5. The predicted octanol–water partition coefficient (Wildman–Crippen LogP) is 2.39. The summed E-state index contributed by atoms with van der Waals surface area (Å²) in [4.78, 5) is 10.5. The van der Waals surface area contributed by atoms with Crippen molar-refractivity contribution in [2.75, 3.05) is 0 Å². The number of hydrogen-bond acceptors (Lipinski definition) is 2. The number of carboxylic acids is 1. The summed E-state index contributed by atoms with van der Waals surface area (Å²) in [5, 5.41) is 8.63. The van der Waals surface area contributed by atoms with Crippen LogP contribution in [0.2, 0.25) is 0 Å². The van der Waals surface area contributed by atoms with E-state index in [1.807, 2.05) is 0 Å². The topological polar surface area (TPSA) is 63.3 Å². The smallest absolute Gasteiger partial charge is 0.304 e. The number of nitrogens with two attached hydrogens (primary N) is 1. The van der Waals surface area contributed by atoms with E-state index >= 15 is 0 Å². The third-order valence-corrected chi connectivity index (χ3v) is 3.65. The van der Waals surface area contributed by atoms with Crippen molar-refractivity contribution in [3.8, 4) is 0 Å². The molecule has 1 fully saturated rings. The largest absolute Gasteiger partial charge is 0.481 e. The molecule has 0 bridgehead atoms. The normalized spacial score (nSPS) is 21.5. The first-order valence-corrected chi connectivity index (χ1v) is 6.07. The van der Waals surface area contributed by atoms with Crippen molar-refractivity contribution in [3.63, 3.8) is 0 Å². The van der Waals surface area contributed by atoms with E-state index < -0.39 is 5.97 Å². The number of carbonyl (C=O) groups is 1. The van der Waals surface area contributed by atoms with Crippen molar-refractivity contribution < 1.29 is 9.90 Å². The highest BCUT2D eigenvalue weighted by Crippen LogP contribution is 2.30. The Morgan fingerprint density at radius 1 is 1.47 bits per heavy atom. The second kappa shape index (κ2) is 6.11. The molecule has 1 aliphatic carbocycles. The van der Waals surface area contributed by atoms with Gasteiger partial charge in [0.1, 0.15) is 0 Å². The highest BCUT2D eigenvalue weighted by atomic mass is 16.4. The average molecular weight is 213 g/mol. The maximum Gasteiger partial charge on any atom is 0.304 e. The van der Waals surface area contributed by atoms with Gasteiger partial charge in [0.05, 0.1) is 6.42 Å². The Morgan fingerprint density at radius 2 is 2.07 bits per heavy atom. The van der Waals surface area contributed by atoms with Crippen LogP contribution in [0, 0.1) is 11.8 Å². The van der Waals surface area contributed by atoms with E-state index in [1.54, 1.807) is 0 Å². The first kappa shape index (κ1) is 12.5. The SMILES string of the molecule is CC(CCC1CCCC1)C(N)CC(=O)O. The minimum Gasteiger partial charge on any atom is -0.481 e. The van der Waals surface area contributed by atoms with E-state index in [0.717, 1.165) is 12.3 Å². The molecule has 3 N–H and O–H groups in total. The van der Waals surface area contributed by atoms with Crippen LogP contribution in [0.1, 0.15) is 51.9 Å². The Bertz CT molecular complexity index is 200. The predicted molar refractivity (Wildman–Crippen MR) is 60.6 cm³/mol. The molecule has 0 aromatic heterocycles. The van der Waals surface area contributed by atoms with Gasteiger partial charge in [-0.3, -0.25) is 4.79 Å². The lowest BCUT2D eigenvalue weighted by molar-refractivity contribution is -0.137. The fourth-order valence-electron chi connectivity index (χ4n) is 2.41. The van der Waals surface area contributed by atoms with E-state index in [1.165, 1.54) is 32.1 Å². The average Bonchev–Trinajstić information content (AvgIpc) is 2.65. The summed E-state index contributed by atoms with van der Waals surface area (Å²) >= 11 is 0. The number of aliphatic carboxylic acids is 1. The number of rotatable bonds is 6. The molecule has 0 spiro atoms. The highest BCUT2D eigenvalue weighted by Gasteiger charge is 2.19. The van der Waals surface area contributed by atoms with Gasteiger partial charge in [-0.05, 0) is 18.3 Å². The second-order valence-corrected chi connectivity index (χ2v) is 4.97. The van der Waals surface area contributed by atoms with Crippen LogP contribution in [0.5, 0.6) is 0 Å². The molecule has 88 valence electrons. The van der Waals surface area contributed by atoms with Crippen LogP contribution in [0.4, 0.5) is 0 Å². The Hall–Kier alpha value is -0.570. The van der Waals surface area contributed by atoms with Crippen LogP contribution in [-0.2, 0) is 4.79 Å². The van der Waals surface area contributed by atoms with Crippen LogP contribution >= 0.6 is 0 Å². The summed E-state index contributed by atoms with van der Waals surface area (Å²) in [6.07, 6.45) is 7.89. The summed E-state index contributed by atoms with van der Waals surface area (Å²) in [7, 11) is 0. The molecule has 2 unspecified atom stereocenters. The van der Waals surface area contributed by atoms with Crippen LogP contribution < -0.4 is 5.73 Å². The summed E-state index contributed by atoms with van der Waals surface area (Å²) < 4.78 is 0. The Morgan fingerprint density at radius 3 is 2.60 bits per heavy atom. The molecular weight excluding hydrogens is 190 g/mol. The van der Waals surface area contributed by atoms with Gasteiger partial charge in [-0.25, -0.2) is 0 Å². The van der Waals surface area contributed by atoms with Gasteiger partial charge >= 0.3 is 5.97 Å². The van der Waals surface area contributed by atoms with Crippen molar-refractivity contribution in [1.29, 1.82) is 0 Å². The second-order valence-electron chi connectivity index (χ2n) is 4.97. The summed E-state index contributed by atoms with van der Waals surface area (Å²) in [6.45, 7) is 2.07. The molecule has 15 heavy (non-hydrogen) atoms. The molecule has 0 aromatic rings. The van der Waals surface area contributed by atoms with Gasteiger partial charge in [-0.1, -0.05) is 39.0 Å². The molecule has 1 aliphatic rings. The monoisotopic (exact) mass is 213 g/mol. The molecular formula is C12H23NO2. The summed E-state index contributed by atoms with van der Waals surface area (Å²) in [5.41, 5.74) is 5.82. The molecule has 3 heteroatoms. The van der Waals surface area contributed by atoms with Crippen molar-refractivity contribution in [2.45, 2.75) is 57.9 Å². The Labute approximate surface area is 92.0 Å². The van der Waals surface area contributed by atoms with Gasteiger partial charge in [0.2, 0.25) is 0 Å². The molecule has 0 saturated heterocycles. The van der Waals surface area contributed by atoms with Crippen LogP contribution in [0.25, 0.3) is 0 Å². The Kier molecular flexibility index (Phi) is 5.09.